The van der Waals surface area contributed by atoms with Crippen LogP contribution in [0.25, 0.3) is 0 Å². The number of carbonyl (C=O) groups is 2. The van der Waals surface area contributed by atoms with Crippen molar-refractivity contribution >= 4 is 11.9 Å². The number of hydrogen-bond donors (Lipinski definition) is 2. The van der Waals surface area contributed by atoms with Gasteiger partial charge in [-0.2, -0.15) is 0 Å². The summed E-state index contributed by atoms with van der Waals surface area (Å²) in [4.78, 5) is 22.8. The van der Waals surface area contributed by atoms with Crippen LogP contribution in [0.3, 0.4) is 0 Å². The predicted octanol–water partition coefficient (Wildman–Crippen LogP) is 1.67. The molecular formula is C16H24O6. The SMILES string of the molecule is C=CC(=O)OC(C)(O)C1CCCCC1C(C)(O)OC(=O)C=C. The second kappa shape index (κ2) is 7.07. The molecule has 0 amide bonds. The molecule has 1 saturated carbocycles. The number of carbonyl (C=O) groups excluding carboxylic acids is 2. The van der Waals surface area contributed by atoms with Crippen molar-refractivity contribution < 1.29 is 29.3 Å². The van der Waals surface area contributed by atoms with Gasteiger partial charge >= 0.3 is 11.9 Å². The summed E-state index contributed by atoms with van der Waals surface area (Å²) < 4.78 is 10.0. The van der Waals surface area contributed by atoms with Gasteiger partial charge in [0.05, 0.1) is 0 Å². The molecule has 0 radical (unpaired) electrons. The molecule has 6 heteroatoms. The highest BCUT2D eigenvalue weighted by Gasteiger charge is 2.50. The molecule has 1 rings (SSSR count). The zero-order valence-corrected chi connectivity index (χ0v) is 13.1. The zero-order valence-electron chi connectivity index (χ0n) is 13.1. The Morgan fingerprint density at radius 3 is 1.55 bits per heavy atom. The fourth-order valence-electron chi connectivity index (χ4n) is 3.06. The summed E-state index contributed by atoms with van der Waals surface area (Å²) in [5.41, 5.74) is 0. The average molecular weight is 312 g/mol. The summed E-state index contributed by atoms with van der Waals surface area (Å²) in [5.74, 6) is -6.23. The van der Waals surface area contributed by atoms with E-state index in [0.29, 0.717) is 12.8 Å². The lowest BCUT2D eigenvalue weighted by atomic mass is 9.71. The van der Waals surface area contributed by atoms with Crippen LogP contribution in [0.1, 0.15) is 39.5 Å². The Morgan fingerprint density at radius 2 is 1.27 bits per heavy atom. The average Bonchev–Trinajstić information content (AvgIpc) is 2.46. The topological polar surface area (TPSA) is 93.1 Å². The van der Waals surface area contributed by atoms with Crippen LogP contribution in [0.4, 0.5) is 0 Å². The second-order valence-electron chi connectivity index (χ2n) is 5.86. The Hall–Kier alpha value is -1.66. The van der Waals surface area contributed by atoms with Crippen molar-refractivity contribution in [1.82, 2.24) is 0 Å². The summed E-state index contributed by atoms with van der Waals surface area (Å²) in [5, 5.41) is 21.0. The van der Waals surface area contributed by atoms with Gasteiger partial charge in [0, 0.05) is 37.8 Å². The molecule has 6 nitrogen and oxygen atoms in total. The largest absolute Gasteiger partial charge is 0.430 e. The van der Waals surface area contributed by atoms with Gasteiger partial charge in [-0.25, -0.2) is 9.59 Å². The minimum absolute atomic E-state index is 0.532. The first kappa shape index (κ1) is 18.4. The summed E-state index contributed by atoms with van der Waals surface area (Å²) in [6.45, 7) is 9.31. The standard InChI is InChI=1S/C16H24O6/c1-5-13(17)21-15(3,19)11-9-7-8-10-12(11)16(4,20)22-14(18)6-2/h5-6,11-12,19-20H,1-2,7-10H2,3-4H3. The second-order valence-corrected chi connectivity index (χ2v) is 5.86. The minimum atomic E-state index is -1.79. The van der Waals surface area contributed by atoms with Gasteiger partial charge in [0.2, 0.25) is 11.6 Å². The van der Waals surface area contributed by atoms with Gasteiger partial charge in [-0.3, -0.25) is 0 Å². The van der Waals surface area contributed by atoms with Crippen molar-refractivity contribution in [2.75, 3.05) is 0 Å². The monoisotopic (exact) mass is 312 g/mol. The molecule has 4 unspecified atom stereocenters. The fourth-order valence-corrected chi connectivity index (χ4v) is 3.06. The molecule has 22 heavy (non-hydrogen) atoms. The maximum Gasteiger partial charge on any atom is 0.332 e. The van der Waals surface area contributed by atoms with Crippen molar-refractivity contribution in [3.05, 3.63) is 25.3 Å². The molecule has 1 aliphatic carbocycles. The first-order valence-electron chi connectivity index (χ1n) is 7.29. The summed E-state index contributed by atoms with van der Waals surface area (Å²) in [6.07, 6.45) is 4.61. The molecule has 124 valence electrons. The van der Waals surface area contributed by atoms with Crippen LogP contribution in [-0.4, -0.2) is 33.7 Å². The molecule has 0 saturated heterocycles. The quantitative estimate of drug-likeness (QED) is 0.440. The molecule has 0 spiro atoms. The smallest absolute Gasteiger partial charge is 0.332 e. The molecule has 1 fully saturated rings. The summed E-state index contributed by atoms with van der Waals surface area (Å²) in [6, 6.07) is 0. The van der Waals surface area contributed by atoms with E-state index in [1.165, 1.54) is 13.8 Å². The Balaban J connectivity index is 2.99. The van der Waals surface area contributed by atoms with Gasteiger partial charge in [0.25, 0.3) is 0 Å². The van der Waals surface area contributed by atoms with Gasteiger partial charge in [-0.1, -0.05) is 26.0 Å². The lowest BCUT2D eigenvalue weighted by Gasteiger charge is -2.45. The van der Waals surface area contributed by atoms with Crippen LogP contribution in [0.5, 0.6) is 0 Å². The van der Waals surface area contributed by atoms with Crippen LogP contribution >= 0.6 is 0 Å². The van der Waals surface area contributed by atoms with E-state index in [0.717, 1.165) is 25.0 Å². The van der Waals surface area contributed by atoms with E-state index in [1.807, 2.05) is 0 Å². The normalized spacial score (nSPS) is 26.9. The predicted molar refractivity (Wildman–Crippen MR) is 79.3 cm³/mol. The molecule has 0 aromatic carbocycles. The lowest BCUT2D eigenvalue weighted by Crippen LogP contribution is -2.52. The van der Waals surface area contributed by atoms with Gasteiger partial charge in [-0.05, 0) is 12.8 Å². The van der Waals surface area contributed by atoms with Gasteiger partial charge in [-0.15, -0.1) is 0 Å². The van der Waals surface area contributed by atoms with Crippen LogP contribution in [0.15, 0.2) is 25.3 Å². The van der Waals surface area contributed by atoms with E-state index >= 15 is 0 Å². The van der Waals surface area contributed by atoms with Crippen LogP contribution in [-0.2, 0) is 19.1 Å². The van der Waals surface area contributed by atoms with Gasteiger partial charge in [0.1, 0.15) is 0 Å². The van der Waals surface area contributed by atoms with Crippen LogP contribution in [0.2, 0.25) is 0 Å². The molecule has 2 N–H and O–H groups in total. The molecule has 0 aromatic rings. The third kappa shape index (κ3) is 4.42. The number of aliphatic hydroxyl groups is 2. The van der Waals surface area contributed by atoms with E-state index in [2.05, 4.69) is 13.2 Å². The highest BCUT2D eigenvalue weighted by atomic mass is 16.7. The first-order chi connectivity index (χ1) is 10.1. The number of esters is 2. The lowest BCUT2D eigenvalue weighted by molar-refractivity contribution is -0.278. The number of ether oxygens (including phenoxy) is 2. The molecule has 0 aromatic heterocycles. The van der Waals surface area contributed by atoms with E-state index < -0.39 is 35.3 Å². The summed E-state index contributed by atoms with van der Waals surface area (Å²) >= 11 is 0. The van der Waals surface area contributed by atoms with Crippen LogP contribution in [0, 0.1) is 11.8 Å². The zero-order chi connectivity index (χ0) is 17.0. The van der Waals surface area contributed by atoms with E-state index in [1.54, 1.807) is 0 Å². The van der Waals surface area contributed by atoms with Crippen molar-refractivity contribution in [3.63, 3.8) is 0 Å². The Kier molecular flexibility index (Phi) is 5.91. The molecule has 0 bridgehead atoms. The molecule has 1 aliphatic rings. The van der Waals surface area contributed by atoms with Gasteiger partial charge in [0.15, 0.2) is 0 Å². The highest BCUT2D eigenvalue weighted by Crippen LogP contribution is 2.43. The summed E-state index contributed by atoms with van der Waals surface area (Å²) in [7, 11) is 0. The molecule has 4 atom stereocenters. The van der Waals surface area contributed by atoms with Crippen molar-refractivity contribution in [1.29, 1.82) is 0 Å². The van der Waals surface area contributed by atoms with Gasteiger partial charge < -0.3 is 19.7 Å². The van der Waals surface area contributed by atoms with E-state index in [-0.39, 0.29) is 0 Å². The number of rotatable bonds is 6. The maximum absolute atomic E-state index is 11.4. The highest BCUT2D eigenvalue weighted by molar-refractivity contribution is 5.81. The van der Waals surface area contributed by atoms with E-state index in [9.17, 15) is 19.8 Å². The number of hydrogen-bond acceptors (Lipinski definition) is 6. The Labute approximate surface area is 130 Å². The third-order valence-electron chi connectivity index (χ3n) is 4.09. The van der Waals surface area contributed by atoms with Crippen molar-refractivity contribution in [3.8, 4) is 0 Å². The Morgan fingerprint density at radius 1 is 0.955 bits per heavy atom. The Bertz CT molecular complexity index is 410. The molecular weight excluding hydrogens is 288 g/mol. The van der Waals surface area contributed by atoms with Crippen molar-refractivity contribution in [2.45, 2.75) is 51.1 Å². The minimum Gasteiger partial charge on any atom is -0.430 e. The third-order valence-corrected chi connectivity index (χ3v) is 4.09. The van der Waals surface area contributed by atoms with Crippen LogP contribution < -0.4 is 0 Å². The van der Waals surface area contributed by atoms with E-state index in [4.69, 9.17) is 9.47 Å². The van der Waals surface area contributed by atoms with Crippen molar-refractivity contribution in [2.24, 2.45) is 11.8 Å². The maximum atomic E-state index is 11.4. The molecule has 0 heterocycles. The fraction of sp³-hybridized carbons (Fsp3) is 0.625. The first-order valence-corrected chi connectivity index (χ1v) is 7.29. The molecule has 0 aliphatic heterocycles.